The second-order valence-corrected chi connectivity index (χ2v) is 8.35. The summed E-state index contributed by atoms with van der Waals surface area (Å²) < 4.78 is 12.2. The van der Waals surface area contributed by atoms with Gasteiger partial charge in [0.2, 0.25) is 0 Å². The molecule has 0 saturated heterocycles. The smallest absolute Gasteiger partial charge is 0.410 e. The average molecular weight is 443 g/mol. The Morgan fingerprint density at radius 1 is 1.09 bits per heavy atom. The minimum Gasteiger partial charge on any atom is -0.410 e. The van der Waals surface area contributed by atoms with Crippen molar-refractivity contribution >= 4 is 11.7 Å². The second-order valence-electron chi connectivity index (χ2n) is 8.35. The molecule has 2 aromatic heterocycles. The quantitative estimate of drug-likeness (QED) is 0.423. The van der Waals surface area contributed by atoms with Crippen LogP contribution in [0.15, 0.2) is 72.9 Å². The van der Waals surface area contributed by atoms with Crippen LogP contribution in [0.4, 0.5) is 4.79 Å². The maximum Gasteiger partial charge on any atom is 0.414 e. The number of benzene rings is 2. The fourth-order valence-electron chi connectivity index (χ4n) is 4.24. The number of ether oxygens (including phenoxy) is 2. The average Bonchev–Trinajstić information content (AvgIpc) is 3.20. The van der Waals surface area contributed by atoms with Crippen LogP contribution in [0, 0.1) is 0 Å². The van der Waals surface area contributed by atoms with Crippen LogP contribution in [0.2, 0.25) is 0 Å². The third-order valence-electron chi connectivity index (χ3n) is 6.20. The number of carbonyl (C=O) groups excluding carboxylic acids is 1. The van der Waals surface area contributed by atoms with E-state index in [2.05, 4.69) is 41.7 Å². The van der Waals surface area contributed by atoms with Crippen molar-refractivity contribution in [2.75, 3.05) is 13.8 Å². The molecular weight excluding hydrogens is 416 g/mol. The van der Waals surface area contributed by atoms with Crippen LogP contribution in [0.3, 0.4) is 0 Å². The standard InChI is InChI=1S/C26H26N4O3/c1-32-17-28-25(31)33-21-12-15-30-22(16-21)29-23(24(30)19-6-3-2-4-7-19)18-8-10-20(11-9-18)26(27)13-5-14-26/h2-4,6-12,15-16H,5,13-14,17,27H2,1H3,(H,28,31). The second kappa shape index (κ2) is 8.69. The van der Waals surface area contributed by atoms with Crippen LogP contribution in [-0.2, 0) is 10.3 Å². The number of amides is 1. The van der Waals surface area contributed by atoms with Crippen LogP contribution in [0.25, 0.3) is 28.2 Å². The highest BCUT2D eigenvalue weighted by atomic mass is 16.6. The Labute approximate surface area is 192 Å². The number of imidazole rings is 1. The van der Waals surface area contributed by atoms with Gasteiger partial charge >= 0.3 is 6.09 Å². The zero-order valence-corrected chi connectivity index (χ0v) is 18.5. The van der Waals surface area contributed by atoms with Crippen LogP contribution in [0.5, 0.6) is 5.75 Å². The first-order valence-electron chi connectivity index (χ1n) is 11.0. The zero-order chi connectivity index (χ0) is 22.8. The van der Waals surface area contributed by atoms with Crippen molar-refractivity contribution in [1.29, 1.82) is 0 Å². The van der Waals surface area contributed by atoms with Crippen molar-refractivity contribution in [1.82, 2.24) is 14.7 Å². The molecule has 1 saturated carbocycles. The van der Waals surface area contributed by atoms with Crippen molar-refractivity contribution in [2.45, 2.75) is 24.8 Å². The number of fused-ring (bicyclic) bond motifs is 1. The third kappa shape index (κ3) is 4.08. The van der Waals surface area contributed by atoms with E-state index in [1.165, 1.54) is 19.1 Å². The molecule has 7 heteroatoms. The summed E-state index contributed by atoms with van der Waals surface area (Å²) in [7, 11) is 1.50. The highest BCUT2D eigenvalue weighted by Gasteiger charge is 2.34. The molecule has 0 radical (unpaired) electrons. The van der Waals surface area contributed by atoms with Crippen LogP contribution >= 0.6 is 0 Å². The Kier molecular flexibility index (Phi) is 5.58. The molecule has 0 spiro atoms. The van der Waals surface area contributed by atoms with Gasteiger partial charge in [-0.2, -0.15) is 0 Å². The van der Waals surface area contributed by atoms with Crippen molar-refractivity contribution in [3.63, 3.8) is 0 Å². The Bertz CT molecular complexity index is 1280. The fourth-order valence-corrected chi connectivity index (χ4v) is 4.24. The number of rotatable bonds is 6. The molecular formula is C26H26N4O3. The SMILES string of the molecule is COCNC(=O)Oc1ccn2c(-c3ccccc3)c(-c3ccc(C4(N)CCC4)cc3)nc2c1. The molecule has 5 rings (SSSR count). The van der Waals surface area contributed by atoms with Gasteiger partial charge in [-0.3, -0.25) is 9.72 Å². The molecule has 7 nitrogen and oxygen atoms in total. The summed E-state index contributed by atoms with van der Waals surface area (Å²) in [6.45, 7) is 0.0762. The Hall–Kier alpha value is -3.68. The number of methoxy groups -OCH3 is 1. The summed E-state index contributed by atoms with van der Waals surface area (Å²) in [4.78, 5) is 16.8. The summed E-state index contributed by atoms with van der Waals surface area (Å²) in [5.41, 5.74) is 12.0. The van der Waals surface area contributed by atoms with E-state index in [0.29, 0.717) is 11.4 Å². The van der Waals surface area contributed by atoms with Crippen molar-refractivity contribution in [2.24, 2.45) is 5.73 Å². The van der Waals surface area contributed by atoms with E-state index in [9.17, 15) is 4.79 Å². The zero-order valence-electron chi connectivity index (χ0n) is 18.5. The lowest BCUT2D eigenvalue weighted by Gasteiger charge is -2.38. The van der Waals surface area contributed by atoms with Crippen molar-refractivity contribution in [3.05, 3.63) is 78.5 Å². The first-order chi connectivity index (χ1) is 16.1. The Morgan fingerprint density at radius 2 is 1.85 bits per heavy atom. The number of nitrogens with zero attached hydrogens (tertiary/aromatic N) is 2. The monoisotopic (exact) mass is 442 g/mol. The molecule has 168 valence electrons. The summed E-state index contributed by atoms with van der Waals surface area (Å²) in [6.07, 6.45) is 4.51. The van der Waals surface area contributed by atoms with E-state index < -0.39 is 6.09 Å². The number of hydrogen-bond acceptors (Lipinski definition) is 5. The van der Waals surface area contributed by atoms with Crippen molar-refractivity contribution in [3.8, 4) is 28.3 Å². The minimum absolute atomic E-state index is 0.0762. The number of aromatic nitrogens is 2. The molecule has 4 aromatic rings. The van der Waals surface area contributed by atoms with E-state index in [4.69, 9.17) is 20.2 Å². The first kappa shape index (κ1) is 21.2. The normalized spacial score (nSPS) is 14.6. The van der Waals surface area contributed by atoms with Crippen molar-refractivity contribution < 1.29 is 14.3 Å². The van der Waals surface area contributed by atoms with Gasteiger partial charge in [-0.1, -0.05) is 54.6 Å². The van der Waals surface area contributed by atoms with E-state index >= 15 is 0 Å². The molecule has 2 aromatic carbocycles. The fraction of sp³-hybridized carbons (Fsp3) is 0.231. The maximum atomic E-state index is 11.9. The van der Waals surface area contributed by atoms with Gasteiger partial charge in [0.25, 0.3) is 0 Å². The van der Waals surface area contributed by atoms with Gasteiger partial charge in [-0.25, -0.2) is 9.78 Å². The van der Waals surface area contributed by atoms with Gasteiger partial charge in [-0.15, -0.1) is 0 Å². The van der Waals surface area contributed by atoms with Gasteiger partial charge in [0.1, 0.15) is 18.1 Å². The Balaban J connectivity index is 1.56. The molecule has 3 N–H and O–H groups in total. The first-order valence-corrected chi connectivity index (χ1v) is 11.0. The highest BCUT2D eigenvalue weighted by Crippen LogP contribution is 2.40. The lowest BCUT2D eigenvalue weighted by Crippen LogP contribution is -2.43. The van der Waals surface area contributed by atoms with E-state index in [0.717, 1.165) is 35.4 Å². The highest BCUT2D eigenvalue weighted by molar-refractivity contribution is 5.82. The topological polar surface area (TPSA) is 90.9 Å². The van der Waals surface area contributed by atoms with Gasteiger partial charge in [-0.05, 0) is 30.9 Å². The lowest BCUT2D eigenvalue weighted by molar-refractivity contribution is 0.153. The number of hydrogen-bond donors (Lipinski definition) is 2. The number of nitrogens with two attached hydrogens (primary N) is 1. The Morgan fingerprint density at radius 3 is 2.52 bits per heavy atom. The minimum atomic E-state index is -0.585. The summed E-state index contributed by atoms with van der Waals surface area (Å²) in [6, 6.07) is 22.0. The third-order valence-corrected chi connectivity index (χ3v) is 6.20. The largest absolute Gasteiger partial charge is 0.414 e. The predicted octanol–water partition coefficient (Wildman–Crippen LogP) is 4.70. The molecule has 2 heterocycles. The van der Waals surface area contributed by atoms with Crippen LogP contribution in [0.1, 0.15) is 24.8 Å². The molecule has 0 unspecified atom stereocenters. The van der Waals surface area contributed by atoms with E-state index in [1.54, 1.807) is 12.1 Å². The maximum absolute atomic E-state index is 11.9. The molecule has 0 atom stereocenters. The van der Waals surface area contributed by atoms with Crippen LogP contribution in [-0.4, -0.2) is 29.3 Å². The van der Waals surface area contributed by atoms with E-state index in [-0.39, 0.29) is 12.3 Å². The molecule has 1 aliphatic carbocycles. The summed E-state index contributed by atoms with van der Waals surface area (Å²) >= 11 is 0. The molecule has 1 fully saturated rings. The molecule has 0 bridgehead atoms. The van der Waals surface area contributed by atoms with Gasteiger partial charge < -0.3 is 15.2 Å². The van der Waals surface area contributed by atoms with E-state index in [1.807, 2.05) is 28.8 Å². The lowest BCUT2D eigenvalue weighted by atomic mass is 9.72. The van der Waals surface area contributed by atoms with Gasteiger partial charge in [0.15, 0.2) is 0 Å². The van der Waals surface area contributed by atoms with Gasteiger partial charge in [0.05, 0.1) is 11.4 Å². The number of nitrogens with one attached hydrogen (secondary N) is 1. The van der Waals surface area contributed by atoms with Crippen LogP contribution < -0.4 is 15.8 Å². The molecule has 1 aliphatic rings. The van der Waals surface area contributed by atoms with Gasteiger partial charge in [0, 0.05) is 36.0 Å². The predicted molar refractivity (Wildman–Crippen MR) is 127 cm³/mol. The summed E-state index contributed by atoms with van der Waals surface area (Å²) in [5, 5.41) is 2.50. The summed E-state index contributed by atoms with van der Waals surface area (Å²) in [5.74, 6) is 0.401. The number of pyridine rings is 1. The number of carbonyl (C=O) groups is 1. The molecule has 1 amide bonds. The molecule has 33 heavy (non-hydrogen) atoms. The molecule has 0 aliphatic heterocycles.